The van der Waals surface area contributed by atoms with Gasteiger partial charge in [-0.2, -0.15) is 0 Å². The van der Waals surface area contributed by atoms with E-state index < -0.39 is 0 Å². The molecule has 0 amide bonds. The molecule has 0 saturated heterocycles. The topological polar surface area (TPSA) is 30.5 Å². The molecule has 1 aromatic rings. The van der Waals surface area contributed by atoms with Crippen molar-refractivity contribution in [1.82, 2.24) is 5.32 Å². The van der Waals surface area contributed by atoms with Gasteiger partial charge in [-0.3, -0.25) is 0 Å². The van der Waals surface area contributed by atoms with Crippen molar-refractivity contribution in [2.24, 2.45) is 5.92 Å². The molecule has 120 valence electrons. The lowest BCUT2D eigenvalue weighted by Gasteiger charge is -2.10. The third-order valence-electron chi connectivity index (χ3n) is 2.97. The van der Waals surface area contributed by atoms with Crippen LogP contribution in [-0.4, -0.2) is 26.4 Å². The van der Waals surface area contributed by atoms with E-state index in [1.807, 2.05) is 12.1 Å². The number of rotatable bonds is 11. The zero-order valence-corrected chi connectivity index (χ0v) is 13.5. The van der Waals surface area contributed by atoms with E-state index in [-0.39, 0.29) is 5.82 Å². The summed E-state index contributed by atoms with van der Waals surface area (Å²) in [4.78, 5) is 0. The summed E-state index contributed by atoms with van der Waals surface area (Å²) in [6.45, 7) is 10.2. The summed E-state index contributed by atoms with van der Waals surface area (Å²) in [5.41, 5.74) is 1.69. The van der Waals surface area contributed by atoms with Crippen LogP contribution in [0.3, 0.4) is 0 Å². The molecule has 0 saturated carbocycles. The summed E-state index contributed by atoms with van der Waals surface area (Å²) in [5, 5.41) is 3.35. The lowest BCUT2D eigenvalue weighted by molar-refractivity contribution is 0.0399. The zero-order chi connectivity index (χ0) is 15.5. The van der Waals surface area contributed by atoms with Gasteiger partial charge in [0.2, 0.25) is 0 Å². The van der Waals surface area contributed by atoms with E-state index in [0.717, 1.165) is 31.7 Å². The van der Waals surface area contributed by atoms with E-state index in [1.54, 1.807) is 0 Å². The van der Waals surface area contributed by atoms with Crippen molar-refractivity contribution in [1.29, 1.82) is 0 Å². The minimum absolute atomic E-state index is 0.211. The largest absolute Gasteiger partial charge is 0.379 e. The molecule has 1 N–H and O–H groups in total. The van der Waals surface area contributed by atoms with Gasteiger partial charge in [0.05, 0.1) is 19.8 Å². The summed E-state index contributed by atoms with van der Waals surface area (Å²) >= 11 is 0. The van der Waals surface area contributed by atoms with Crippen LogP contribution in [0.4, 0.5) is 4.39 Å². The van der Waals surface area contributed by atoms with Crippen molar-refractivity contribution < 1.29 is 13.9 Å². The maximum absolute atomic E-state index is 13.7. The van der Waals surface area contributed by atoms with Gasteiger partial charge in [0.15, 0.2) is 0 Å². The van der Waals surface area contributed by atoms with Crippen LogP contribution in [-0.2, 0) is 22.6 Å². The van der Waals surface area contributed by atoms with E-state index in [4.69, 9.17) is 9.47 Å². The molecule has 0 aliphatic heterocycles. The molecule has 0 radical (unpaired) electrons. The van der Waals surface area contributed by atoms with E-state index in [1.165, 1.54) is 6.07 Å². The van der Waals surface area contributed by atoms with Crippen molar-refractivity contribution in [2.75, 3.05) is 26.4 Å². The molecule has 0 heterocycles. The minimum atomic E-state index is -0.211. The van der Waals surface area contributed by atoms with Crippen LogP contribution in [0.25, 0.3) is 0 Å². The zero-order valence-electron chi connectivity index (χ0n) is 13.5. The number of halogens is 1. The first kappa shape index (κ1) is 18.1. The Kier molecular flexibility index (Phi) is 9.22. The van der Waals surface area contributed by atoms with Crippen LogP contribution < -0.4 is 5.32 Å². The molecule has 1 aromatic carbocycles. The lowest BCUT2D eigenvalue weighted by atomic mass is 10.1. The highest BCUT2D eigenvalue weighted by Gasteiger charge is 2.04. The third-order valence-corrected chi connectivity index (χ3v) is 2.97. The highest BCUT2D eigenvalue weighted by atomic mass is 19.1. The second-order valence-corrected chi connectivity index (χ2v) is 5.62. The number of benzene rings is 1. The molecule has 0 fully saturated rings. The van der Waals surface area contributed by atoms with Crippen molar-refractivity contribution in [2.45, 2.75) is 40.3 Å². The molecule has 4 heteroatoms. The molecule has 0 bridgehead atoms. The fourth-order valence-corrected chi connectivity index (χ4v) is 1.90. The number of ether oxygens (including phenoxy) is 2. The van der Waals surface area contributed by atoms with E-state index in [0.29, 0.717) is 31.3 Å². The fraction of sp³-hybridized carbons (Fsp3) is 0.647. The van der Waals surface area contributed by atoms with Gasteiger partial charge >= 0.3 is 0 Å². The van der Waals surface area contributed by atoms with Gasteiger partial charge < -0.3 is 14.8 Å². The number of hydrogen-bond donors (Lipinski definition) is 1. The molecule has 0 unspecified atom stereocenters. The molecule has 1 rings (SSSR count). The fourth-order valence-electron chi connectivity index (χ4n) is 1.90. The summed E-state index contributed by atoms with van der Waals surface area (Å²) in [6, 6.07) is 5.20. The Morgan fingerprint density at radius 1 is 1.14 bits per heavy atom. The third kappa shape index (κ3) is 8.15. The maximum atomic E-state index is 13.7. The molecule has 0 atom stereocenters. The van der Waals surface area contributed by atoms with Crippen LogP contribution in [0, 0.1) is 11.7 Å². The average molecular weight is 297 g/mol. The molecular formula is C17H28FNO2. The molecular weight excluding hydrogens is 269 g/mol. The Balaban J connectivity index is 2.35. The molecule has 0 aliphatic rings. The quantitative estimate of drug-likeness (QED) is 0.634. The van der Waals surface area contributed by atoms with Crippen LogP contribution >= 0.6 is 0 Å². The molecule has 0 spiro atoms. The van der Waals surface area contributed by atoms with Crippen molar-refractivity contribution in [3.63, 3.8) is 0 Å². The molecule has 0 aromatic heterocycles. The predicted octanol–water partition coefficient (Wildman–Crippen LogP) is 3.51. The van der Waals surface area contributed by atoms with E-state index in [9.17, 15) is 4.39 Å². The average Bonchev–Trinajstić information content (AvgIpc) is 2.45. The van der Waals surface area contributed by atoms with Crippen molar-refractivity contribution in [3.05, 3.63) is 35.1 Å². The van der Waals surface area contributed by atoms with Crippen molar-refractivity contribution in [3.8, 4) is 0 Å². The SMILES string of the molecule is CCCOCCOCc1cc(CNCC(C)C)ccc1F. The lowest BCUT2D eigenvalue weighted by Crippen LogP contribution is -2.19. The maximum Gasteiger partial charge on any atom is 0.128 e. The normalized spacial score (nSPS) is 11.3. The Morgan fingerprint density at radius 3 is 2.62 bits per heavy atom. The Hall–Kier alpha value is -0.970. The van der Waals surface area contributed by atoms with Gasteiger partial charge in [0.1, 0.15) is 5.82 Å². The summed E-state index contributed by atoms with van der Waals surface area (Å²) in [7, 11) is 0. The first-order valence-corrected chi connectivity index (χ1v) is 7.77. The summed E-state index contributed by atoms with van der Waals surface area (Å²) in [5.74, 6) is 0.397. The first-order chi connectivity index (χ1) is 10.1. The van der Waals surface area contributed by atoms with Gasteiger partial charge in [-0.05, 0) is 36.6 Å². The second-order valence-electron chi connectivity index (χ2n) is 5.62. The summed E-state index contributed by atoms with van der Waals surface area (Å²) in [6.07, 6.45) is 1.00. The van der Waals surface area contributed by atoms with Gasteiger partial charge in [0, 0.05) is 18.7 Å². The first-order valence-electron chi connectivity index (χ1n) is 7.77. The molecule has 21 heavy (non-hydrogen) atoms. The van der Waals surface area contributed by atoms with E-state index >= 15 is 0 Å². The van der Waals surface area contributed by atoms with E-state index in [2.05, 4.69) is 26.1 Å². The highest BCUT2D eigenvalue weighted by Crippen LogP contribution is 2.12. The van der Waals surface area contributed by atoms with Crippen LogP contribution in [0.5, 0.6) is 0 Å². The Morgan fingerprint density at radius 2 is 1.90 bits per heavy atom. The van der Waals surface area contributed by atoms with Gasteiger partial charge in [-0.25, -0.2) is 4.39 Å². The van der Waals surface area contributed by atoms with Gasteiger partial charge in [-0.15, -0.1) is 0 Å². The van der Waals surface area contributed by atoms with Gasteiger partial charge in [-0.1, -0.05) is 26.8 Å². The summed E-state index contributed by atoms with van der Waals surface area (Å²) < 4.78 is 24.5. The number of hydrogen-bond acceptors (Lipinski definition) is 3. The number of nitrogens with one attached hydrogen (secondary N) is 1. The molecule has 3 nitrogen and oxygen atoms in total. The predicted molar refractivity (Wildman–Crippen MR) is 83.7 cm³/mol. The standard InChI is InChI=1S/C17H28FNO2/c1-4-7-20-8-9-21-13-16-10-15(5-6-17(16)18)12-19-11-14(2)3/h5-6,10,14,19H,4,7-9,11-13H2,1-3H3. The molecule has 0 aliphatic carbocycles. The Labute approximate surface area is 127 Å². The second kappa shape index (κ2) is 10.7. The smallest absolute Gasteiger partial charge is 0.128 e. The van der Waals surface area contributed by atoms with Crippen LogP contribution in [0.1, 0.15) is 38.3 Å². The minimum Gasteiger partial charge on any atom is -0.379 e. The van der Waals surface area contributed by atoms with Crippen LogP contribution in [0.2, 0.25) is 0 Å². The monoisotopic (exact) mass is 297 g/mol. The van der Waals surface area contributed by atoms with Gasteiger partial charge in [0.25, 0.3) is 0 Å². The van der Waals surface area contributed by atoms with Crippen molar-refractivity contribution >= 4 is 0 Å². The Bertz CT molecular complexity index is 396. The van der Waals surface area contributed by atoms with Crippen LogP contribution in [0.15, 0.2) is 18.2 Å². The highest BCUT2D eigenvalue weighted by molar-refractivity contribution is 5.24.